The first-order valence-corrected chi connectivity index (χ1v) is 7.66. The molecule has 0 aromatic carbocycles. The van der Waals surface area contributed by atoms with Gasteiger partial charge in [0.1, 0.15) is 6.71 Å². The van der Waals surface area contributed by atoms with E-state index in [1.807, 2.05) is 52.0 Å². The van der Waals surface area contributed by atoms with Crippen molar-refractivity contribution in [2.45, 2.75) is 87.7 Å². The second-order valence-corrected chi connectivity index (χ2v) is 4.49. The van der Waals surface area contributed by atoms with E-state index >= 15 is 0 Å². The molecule has 18 heavy (non-hydrogen) atoms. The lowest BCUT2D eigenvalue weighted by Gasteiger charge is -1.84. The molecule has 0 heterocycles. The second-order valence-electron chi connectivity index (χ2n) is 4.49. The predicted octanol–water partition coefficient (Wildman–Crippen LogP) is 7.12. The molecule has 0 amide bonds. The summed E-state index contributed by atoms with van der Waals surface area (Å²) < 4.78 is 0. The van der Waals surface area contributed by atoms with Crippen LogP contribution in [0.4, 0.5) is 0 Å². The number of hydrogen-bond acceptors (Lipinski definition) is 0. The van der Waals surface area contributed by atoms with Gasteiger partial charge in [-0.25, -0.2) is 0 Å². The summed E-state index contributed by atoms with van der Waals surface area (Å²) in [6.07, 6.45) is 13.4. The largest absolute Gasteiger partial charge is 0.133 e. The van der Waals surface area contributed by atoms with Gasteiger partial charge in [-0.05, 0) is 27.7 Å². The summed E-state index contributed by atoms with van der Waals surface area (Å²) in [5.74, 6) is 0. The Labute approximate surface area is 119 Å². The molecule has 0 aliphatic heterocycles. The quantitative estimate of drug-likeness (QED) is 0.371. The zero-order chi connectivity index (χ0) is 15.2. The first kappa shape index (κ1) is 26.2. The number of hydrogen-bond donors (Lipinski definition) is 0. The third-order valence-corrected chi connectivity index (χ3v) is 2.19. The number of unbranched alkanes of at least 4 members (excludes halogenated alkanes) is 2. The van der Waals surface area contributed by atoms with Gasteiger partial charge in [-0.2, -0.15) is 0 Å². The lowest BCUT2D eigenvalue weighted by atomic mass is 9.53. The van der Waals surface area contributed by atoms with Crippen LogP contribution in [0.2, 0.25) is 20.0 Å². The van der Waals surface area contributed by atoms with Crippen LogP contribution in [-0.2, 0) is 0 Å². The molecular formula is C17H39B. The van der Waals surface area contributed by atoms with Crippen molar-refractivity contribution in [3.63, 3.8) is 0 Å². The molecule has 0 rings (SSSR count). The molecule has 0 radical (unpaired) electrons. The molecule has 0 aromatic rings. The summed E-state index contributed by atoms with van der Waals surface area (Å²) in [7, 11) is 0. The molecule has 0 aromatic heterocycles. The first-order chi connectivity index (χ1) is 8.51. The summed E-state index contributed by atoms with van der Waals surface area (Å²) in [6.45, 7) is 20.0. The lowest BCUT2D eigenvalue weighted by Crippen LogP contribution is -1.92. The first-order valence-electron chi connectivity index (χ1n) is 7.66. The van der Waals surface area contributed by atoms with Crippen molar-refractivity contribution < 1.29 is 0 Å². The topological polar surface area (TPSA) is 0 Å². The van der Waals surface area contributed by atoms with Crippen molar-refractivity contribution in [1.82, 2.24) is 0 Å². The van der Waals surface area contributed by atoms with Crippen molar-refractivity contribution in [2.24, 2.45) is 0 Å². The standard InChI is InChI=1S/C5H12.C4H11B.2C4H8/c1-3-5-4-2;1-4-5(2)3;2*1-3-4-2/h3-5H2,1-2H3;4H2,1-3H3;2*3-4H,1-2H3. The zero-order valence-corrected chi connectivity index (χ0v) is 14.7. The molecule has 0 saturated heterocycles. The molecule has 0 fully saturated rings. The minimum atomic E-state index is 0.884. The lowest BCUT2D eigenvalue weighted by molar-refractivity contribution is 0.772. The molecule has 0 unspecified atom stereocenters. The van der Waals surface area contributed by atoms with Crippen LogP contribution >= 0.6 is 0 Å². The minimum Gasteiger partial charge on any atom is -0.0919 e. The van der Waals surface area contributed by atoms with Crippen LogP contribution in [0, 0.1) is 0 Å². The molecule has 110 valence electrons. The van der Waals surface area contributed by atoms with E-state index in [0.717, 1.165) is 6.71 Å². The van der Waals surface area contributed by atoms with Crippen LogP contribution in [0.3, 0.4) is 0 Å². The molecule has 0 aliphatic rings. The monoisotopic (exact) mass is 254 g/mol. The maximum atomic E-state index is 2.22. The van der Waals surface area contributed by atoms with E-state index in [1.54, 1.807) is 0 Å². The van der Waals surface area contributed by atoms with Crippen LogP contribution in [0.1, 0.15) is 67.7 Å². The van der Waals surface area contributed by atoms with Crippen LogP contribution in [0.5, 0.6) is 0 Å². The second kappa shape index (κ2) is 36.0. The Kier molecular flexibility index (Phi) is 52.3. The Morgan fingerprint density at radius 1 is 0.667 bits per heavy atom. The van der Waals surface area contributed by atoms with E-state index in [0.29, 0.717) is 0 Å². The zero-order valence-electron chi connectivity index (χ0n) is 14.7. The highest BCUT2D eigenvalue weighted by Gasteiger charge is 1.86. The maximum Gasteiger partial charge on any atom is 0.133 e. The Bertz CT molecular complexity index is 115. The van der Waals surface area contributed by atoms with Crippen LogP contribution in [-0.4, -0.2) is 6.71 Å². The molecule has 0 aliphatic carbocycles. The number of allylic oxidation sites excluding steroid dienone is 4. The molecule has 0 nitrogen and oxygen atoms in total. The maximum absolute atomic E-state index is 2.22. The molecule has 1 heteroatoms. The van der Waals surface area contributed by atoms with Crippen molar-refractivity contribution in [3.8, 4) is 0 Å². The van der Waals surface area contributed by atoms with E-state index in [4.69, 9.17) is 0 Å². The summed E-state index contributed by atoms with van der Waals surface area (Å²) in [6, 6.07) is 0. The SMILES string of the molecule is CC=CC.CC=CC.CCB(C)C.CCCCC. The van der Waals surface area contributed by atoms with Crippen molar-refractivity contribution in [3.05, 3.63) is 24.3 Å². The Morgan fingerprint density at radius 2 is 0.889 bits per heavy atom. The summed E-state index contributed by atoms with van der Waals surface area (Å²) in [5.41, 5.74) is 0. The van der Waals surface area contributed by atoms with Crippen LogP contribution in [0.25, 0.3) is 0 Å². The molecule has 0 saturated carbocycles. The Balaban J connectivity index is -0.0000000731. The van der Waals surface area contributed by atoms with Crippen LogP contribution < -0.4 is 0 Å². The predicted molar refractivity (Wildman–Crippen MR) is 94.1 cm³/mol. The molecular weight excluding hydrogens is 215 g/mol. The Hall–Kier alpha value is -0.455. The van der Waals surface area contributed by atoms with Crippen molar-refractivity contribution in [2.75, 3.05) is 0 Å². The van der Waals surface area contributed by atoms with Crippen molar-refractivity contribution in [1.29, 1.82) is 0 Å². The van der Waals surface area contributed by atoms with E-state index in [9.17, 15) is 0 Å². The smallest absolute Gasteiger partial charge is 0.0919 e. The van der Waals surface area contributed by atoms with Gasteiger partial charge < -0.3 is 0 Å². The van der Waals surface area contributed by atoms with Gasteiger partial charge in [-0.1, -0.05) is 84.3 Å². The fourth-order valence-corrected chi connectivity index (χ4v) is 0.354. The normalized spacial score (nSPS) is 8.72. The van der Waals surface area contributed by atoms with E-state index in [2.05, 4.69) is 34.4 Å². The van der Waals surface area contributed by atoms with Gasteiger partial charge in [-0.15, -0.1) is 0 Å². The average molecular weight is 254 g/mol. The molecule has 0 N–H and O–H groups in total. The fourth-order valence-electron chi connectivity index (χ4n) is 0.354. The van der Waals surface area contributed by atoms with Gasteiger partial charge in [-0.3, -0.25) is 0 Å². The summed E-state index contributed by atoms with van der Waals surface area (Å²) in [4.78, 5) is 0. The van der Waals surface area contributed by atoms with E-state index in [1.165, 1.54) is 25.6 Å². The van der Waals surface area contributed by atoms with Gasteiger partial charge in [0.25, 0.3) is 0 Å². The van der Waals surface area contributed by atoms with E-state index < -0.39 is 0 Å². The highest BCUT2D eigenvalue weighted by molar-refractivity contribution is 6.55. The van der Waals surface area contributed by atoms with Gasteiger partial charge in [0.15, 0.2) is 0 Å². The summed E-state index contributed by atoms with van der Waals surface area (Å²) >= 11 is 0. The van der Waals surface area contributed by atoms with Crippen LogP contribution in [0.15, 0.2) is 24.3 Å². The summed E-state index contributed by atoms with van der Waals surface area (Å²) in [5, 5.41) is 0. The third kappa shape index (κ3) is 107. The average Bonchev–Trinajstić information content (AvgIpc) is 2.40. The fraction of sp³-hybridized carbons (Fsp3) is 0.765. The van der Waals surface area contributed by atoms with Gasteiger partial charge >= 0.3 is 0 Å². The van der Waals surface area contributed by atoms with Gasteiger partial charge in [0.2, 0.25) is 0 Å². The van der Waals surface area contributed by atoms with Gasteiger partial charge in [0.05, 0.1) is 0 Å². The highest BCUT2D eigenvalue weighted by atomic mass is 13.7. The minimum absolute atomic E-state index is 0.884. The molecule has 0 bridgehead atoms. The van der Waals surface area contributed by atoms with E-state index in [-0.39, 0.29) is 0 Å². The highest BCUT2D eigenvalue weighted by Crippen LogP contribution is 1.88. The van der Waals surface area contributed by atoms with Gasteiger partial charge in [0, 0.05) is 0 Å². The molecule has 0 atom stereocenters. The Morgan fingerprint density at radius 3 is 0.889 bits per heavy atom. The molecule has 0 spiro atoms. The number of rotatable bonds is 3. The van der Waals surface area contributed by atoms with Crippen molar-refractivity contribution >= 4 is 6.71 Å². The third-order valence-electron chi connectivity index (χ3n) is 2.19.